The third-order valence-corrected chi connectivity index (χ3v) is 7.86. The zero-order chi connectivity index (χ0) is 27.4. The van der Waals surface area contributed by atoms with Crippen molar-refractivity contribution in [3.63, 3.8) is 0 Å². The Balaban J connectivity index is 1.46. The fourth-order valence-corrected chi connectivity index (χ4v) is 5.56. The van der Waals surface area contributed by atoms with E-state index in [1.807, 2.05) is 43.3 Å². The number of amides is 1. The van der Waals surface area contributed by atoms with Crippen LogP contribution in [0.25, 0.3) is 0 Å². The van der Waals surface area contributed by atoms with E-state index in [1.54, 1.807) is 30.2 Å². The van der Waals surface area contributed by atoms with Gasteiger partial charge in [-0.05, 0) is 80.5 Å². The highest BCUT2D eigenvalue weighted by atomic mass is 19.1. The number of nitrogens with zero attached hydrogens (tertiary/aromatic N) is 3. The molecule has 0 aliphatic carbocycles. The van der Waals surface area contributed by atoms with E-state index in [-0.39, 0.29) is 34.7 Å². The highest BCUT2D eigenvalue weighted by Crippen LogP contribution is 2.36. The van der Waals surface area contributed by atoms with Crippen LogP contribution < -0.4 is 0 Å². The number of carbonyl (C=O) groups excluding carboxylic acids is 1. The topological polar surface area (TPSA) is 66.3 Å². The lowest BCUT2D eigenvalue weighted by molar-refractivity contribution is 0.0636. The second-order valence-corrected chi connectivity index (χ2v) is 11.2. The normalized spacial score (nSPS) is 17.9. The smallest absolute Gasteiger partial charge is 0.272 e. The standard InChI is InChI=1S/C32H38FN3O2/c1-21-11-13-24(19-27(21)33)9-8-16-32(4,5)30-22(2)12-14-29(35-30)31(38)36-18-15-25(26(20-36)23(3)37)28-10-6-7-17-34-28/h6-7,10-14,17,19,25-26,37H,3,8-9,15-16,18,20H2,1-2,4-5H3/t25-,26-/m0/s1. The number of likely N-dealkylation sites (tertiary alicyclic amines) is 1. The first-order valence-corrected chi connectivity index (χ1v) is 13.4. The molecule has 5 nitrogen and oxygen atoms in total. The van der Waals surface area contributed by atoms with Crippen LogP contribution >= 0.6 is 0 Å². The summed E-state index contributed by atoms with van der Waals surface area (Å²) in [4.78, 5) is 24.7. The highest BCUT2D eigenvalue weighted by molar-refractivity contribution is 5.92. The maximum atomic E-state index is 13.9. The molecule has 1 fully saturated rings. The Hall–Kier alpha value is -3.54. The molecule has 0 bridgehead atoms. The quantitative estimate of drug-likeness (QED) is 0.333. The van der Waals surface area contributed by atoms with Crippen LogP contribution in [0.15, 0.2) is 67.1 Å². The van der Waals surface area contributed by atoms with Crippen molar-refractivity contribution < 1.29 is 14.3 Å². The van der Waals surface area contributed by atoms with Crippen molar-refractivity contribution >= 4 is 5.91 Å². The van der Waals surface area contributed by atoms with E-state index in [9.17, 15) is 14.3 Å². The van der Waals surface area contributed by atoms with Crippen LogP contribution in [0.5, 0.6) is 0 Å². The molecule has 1 aliphatic heterocycles. The number of aryl methyl sites for hydroxylation is 3. The second-order valence-electron chi connectivity index (χ2n) is 11.2. The van der Waals surface area contributed by atoms with Gasteiger partial charge in [0.2, 0.25) is 0 Å². The summed E-state index contributed by atoms with van der Waals surface area (Å²) in [7, 11) is 0. The summed E-state index contributed by atoms with van der Waals surface area (Å²) < 4.78 is 13.9. The number of hydrogen-bond acceptors (Lipinski definition) is 4. The molecule has 1 saturated heterocycles. The molecule has 0 spiro atoms. The molecule has 1 N–H and O–H groups in total. The molecule has 200 valence electrons. The van der Waals surface area contributed by atoms with Gasteiger partial charge in [-0.3, -0.25) is 9.78 Å². The zero-order valence-corrected chi connectivity index (χ0v) is 22.9. The first kappa shape index (κ1) is 27.5. The van der Waals surface area contributed by atoms with Crippen molar-refractivity contribution in [3.8, 4) is 0 Å². The minimum absolute atomic E-state index is 0.0141. The number of benzene rings is 1. The largest absolute Gasteiger partial charge is 0.513 e. The molecule has 4 rings (SSSR count). The van der Waals surface area contributed by atoms with Crippen molar-refractivity contribution in [1.29, 1.82) is 0 Å². The second kappa shape index (κ2) is 11.5. The van der Waals surface area contributed by atoms with Gasteiger partial charge in [-0.2, -0.15) is 0 Å². The number of aromatic nitrogens is 2. The van der Waals surface area contributed by atoms with Gasteiger partial charge >= 0.3 is 0 Å². The van der Waals surface area contributed by atoms with Gasteiger partial charge in [-0.1, -0.05) is 44.7 Å². The fraction of sp³-hybridized carbons (Fsp3) is 0.406. The van der Waals surface area contributed by atoms with Crippen LogP contribution in [0.2, 0.25) is 0 Å². The summed E-state index contributed by atoms with van der Waals surface area (Å²) in [5.74, 6) is -0.495. The third kappa shape index (κ3) is 6.12. The summed E-state index contributed by atoms with van der Waals surface area (Å²) in [6.45, 7) is 12.8. The lowest BCUT2D eigenvalue weighted by Crippen LogP contribution is -2.44. The molecule has 0 saturated carbocycles. The minimum atomic E-state index is -0.282. The van der Waals surface area contributed by atoms with Gasteiger partial charge in [-0.25, -0.2) is 9.37 Å². The number of aliphatic hydroxyl groups is 1. The van der Waals surface area contributed by atoms with Gasteiger partial charge in [0.25, 0.3) is 5.91 Å². The van der Waals surface area contributed by atoms with Crippen LogP contribution in [0, 0.1) is 25.6 Å². The SMILES string of the molecule is C=C(O)[C@@H]1CN(C(=O)c2ccc(C)c(C(C)(C)CCCc3ccc(C)c(F)c3)n2)CC[C@@H]1c1ccccn1. The molecule has 2 atom stereocenters. The molecule has 3 heterocycles. The monoisotopic (exact) mass is 515 g/mol. The van der Waals surface area contributed by atoms with E-state index in [0.29, 0.717) is 30.8 Å². The lowest BCUT2D eigenvalue weighted by atomic mass is 9.80. The van der Waals surface area contributed by atoms with Crippen LogP contribution in [-0.4, -0.2) is 39.0 Å². The number of piperidine rings is 1. The van der Waals surface area contributed by atoms with E-state index < -0.39 is 0 Å². The maximum absolute atomic E-state index is 13.9. The summed E-state index contributed by atoms with van der Waals surface area (Å²) in [6.07, 6.45) is 4.97. The average molecular weight is 516 g/mol. The lowest BCUT2D eigenvalue weighted by Gasteiger charge is -2.38. The third-order valence-electron chi connectivity index (χ3n) is 7.86. The molecule has 1 aromatic carbocycles. The van der Waals surface area contributed by atoms with Gasteiger partial charge in [-0.15, -0.1) is 0 Å². The van der Waals surface area contributed by atoms with Gasteiger partial charge < -0.3 is 10.0 Å². The first-order valence-electron chi connectivity index (χ1n) is 13.4. The van der Waals surface area contributed by atoms with Gasteiger partial charge in [0.05, 0.1) is 5.76 Å². The first-order chi connectivity index (χ1) is 18.1. The number of carbonyl (C=O) groups is 1. The summed E-state index contributed by atoms with van der Waals surface area (Å²) >= 11 is 0. The van der Waals surface area contributed by atoms with E-state index >= 15 is 0 Å². The molecule has 3 aromatic rings. The average Bonchev–Trinajstić information content (AvgIpc) is 2.90. The summed E-state index contributed by atoms with van der Waals surface area (Å²) in [5, 5.41) is 10.4. The van der Waals surface area contributed by atoms with E-state index in [4.69, 9.17) is 4.98 Å². The number of aliphatic hydroxyl groups excluding tert-OH is 1. The van der Waals surface area contributed by atoms with Crippen molar-refractivity contribution in [2.45, 2.75) is 64.7 Å². The molecule has 2 aromatic heterocycles. The fourth-order valence-electron chi connectivity index (χ4n) is 5.56. The van der Waals surface area contributed by atoms with E-state index in [1.165, 1.54) is 0 Å². The molecule has 0 radical (unpaired) electrons. The number of rotatable bonds is 8. The Kier molecular flexibility index (Phi) is 8.29. The van der Waals surface area contributed by atoms with Gasteiger partial charge in [0.15, 0.2) is 0 Å². The van der Waals surface area contributed by atoms with Crippen molar-refractivity contribution in [1.82, 2.24) is 14.9 Å². The molecular weight excluding hydrogens is 477 g/mol. The van der Waals surface area contributed by atoms with Crippen LogP contribution in [0.3, 0.4) is 0 Å². The van der Waals surface area contributed by atoms with Crippen molar-refractivity contribution in [2.24, 2.45) is 5.92 Å². The molecule has 1 aliphatic rings. The predicted octanol–water partition coefficient (Wildman–Crippen LogP) is 6.85. The predicted molar refractivity (Wildman–Crippen MR) is 149 cm³/mol. The van der Waals surface area contributed by atoms with Crippen LogP contribution in [0.4, 0.5) is 4.39 Å². The Morgan fingerprint density at radius 1 is 1.16 bits per heavy atom. The molecule has 6 heteroatoms. The van der Waals surface area contributed by atoms with Crippen LogP contribution in [0.1, 0.15) is 77.6 Å². The molecule has 0 unspecified atom stereocenters. The molecule has 1 amide bonds. The summed E-state index contributed by atoms with van der Waals surface area (Å²) in [6, 6.07) is 15.0. The Morgan fingerprint density at radius 3 is 2.61 bits per heavy atom. The van der Waals surface area contributed by atoms with E-state index in [0.717, 1.165) is 41.8 Å². The Morgan fingerprint density at radius 2 is 1.92 bits per heavy atom. The summed E-state index contributed by atoms with van der Waals surface area (Å²) in [5.41, 5.74) is 4.67. The van der Waals surface area contributed by atoms with Crippen molar-refractivity contribution in [3.05, 3.63) is 107 Å². The molecule has 38 heavy (non-hydrogen) atoms. The maximum Gasteiger partial charge on any atom is 0.272 e. The number of hydrogen-bond donors (Lipinski definition) is 1. The van der Waals surface area contributed by atoms with Crippen molar-refractivity contribution in [2.75, 3.05) is 13.1 Å². The zero-order valence-electron chi connectivity index (χ0n) is 22.9. The van der Waals surface area contributed by atoms with E-state index in [2.05, 4.69) is 25.4 Å². The Bertz CT molecular complexity index is 1310. The van der Waals surface area contributed by atoms with Crippen LogP contribution in [-0.2, 0) is 11.8 Å². The highest BCUT2D eigenvalue weighted by Gasteiger charge is 2.36. The number of halogens is 1. The molecular formula is C32H38FN3O2. The minimum Gasteiger partial charge on any atom is -0.513 e. The number of pyridine rings is 2. The van der Waals surface area contributed by atoms with Gasteiger partial charge in [0.1, 0.15) is 11.5 Å². The van der Waals surface area contributed by atoms with Gasteiger partial charge in [0, 0.05) is 47.9 Å². The Labute approximate surface area is 225 Å².